The molecule has 0 heterocycles. The van der Waals surface area contributed by atoms with Crippen molar-refractivity contribution < 1.29 is 0 Å². The van der Waals surface area contributed by atoms with Gasteiger partial charge in [-0.25, -0.2) is 0 Å². The lowest BCUT2D eigenvalue weighted by Crippen LogP contribution is -2.24. The van der Waals surface area contributed by atoms with E-state index in [4.69, 9.17) is 0 Å². The fourth-order valence-electron chi connectivity index (χ4n) is 3.87. The fourth-order valence-corrected chi connectivity index (χ4v) is 3.87. The molecule has 0 aromatic carbocycles. The molecule has 0 spiro atoms. The van der Waals surface area contributed by atoms with Crippen LogP contribution in [0.2, 0.25) is 0 Å². The van der Waals surface area contributed by atoms with Gasteiger partial charge in [-0.05, 0) is 37.5 Å². The normalized spacial score (nSPS) is 18.3. The minimum Gasteiger partial charge on any atom is -0.0654 e. The summed E-state index contributed by atoms with van der Waals surface area (Å²) in [5.41, 5.74) is 0.649. The molecule has 0 amide bonds. The largest absolute Gasteiger partial charge is 0.0654 e. The summed E-state index contributed by atoms with van der Waals surface area (Å²) in [6.45, 7) is 4.62. The van der Waals surface area contributed by atoms with E-state index < -0.39 is 0 Å². The summed E-state index contributed by atoms with van der Waals surface area (Å²) in [4.78, 5) is 0. The summed E-state index contributed by atoms with van der Waals surface area (Å²) in [7, 11) is 0. The van der Waals surface area contributed by atoms with Crippen LogP contribution >= 0.6 is 0 Å². The fraction of sp³-hybridized carbons (Fsp3) is 0.950. The molecule has 1 saturated carbocycles. The van der Waals surface area contributed by atoms with Crippen LogP contribution in [-0.2, 0) is 0 Å². The number of hydrogen-bond acceptors (Lipinski definition) is 0. The SMILES string of the molecule is CCCCCC[CH]C1(CCCCCCC)CCCCC1. The van der Waals surface area contributed by atoms with Gasteiger partial charge >= 0.3 is 0 Å². The van der Waals surface area contributed by atoms with Crippen LogP contribution in [-0.4, -0.2) is 0 Å². The highest BCUT2D eigenvalue weighted by Crippen LogP contribution is 2.44. The zero-order chi connectivity index (χ0) is 14.5. The predicted octanol–water partition coefficient (Wildman–Crippen LogP) is 7.47. The van der Waals surface area contributed by atoms with Crippen molar-refractivity contribution in [1.82, 2.24) is 0 Å². The van der Waals surface area contributed by atoms with Crippen molar-refractivity contribution in [3.8, 4) is 0 Å². The summed E-state index contributed by atoms with van der Waals surface area (Å²) >= 11 is 0. The first kappa shape index (κ1) is 18.1. The van der Waals surface area contributed by atoms with Crippen molar-refractivity contribution in [2.45, 2.75) is 117 Å². The Morgan fingerprint density at radius 1 is 0.700 bits per heavy atom. The highest BCUT2D eigenvalue weighted by atomic mass is 14.4. The predicted molar refractivity (Wildman–Crippen MR) is 92.0 cm³/mol. The zero-order valence-corrected chi connectivity index (χ0v) is 14.4. The van der Waals surface area contributed by atoms with Gasteiger partial charge in [0, 0.05) is 0 Å². The first-order chi connectivity index (χ1) is 9.83. The molecule has 119 valence electrons. The average Bonchev–Trinajstić information content (AvgIpc) is 2.48. The smallest absolute Gasteiger partial charge is 0.0266 e. The van der Waals surface area contributed by atoms with E-state index in [2.05, 4.69) is 20.3 Å². The first-order valence-corrected chi connectivity index (χ1v) is 9.67. The van der Waals surface area contributed by atoms with Gasteiger partial charge in [-0.15, -0.1) is 0 Å². The Morgan fingerprint density at radius 3 is 1.95 bits per heavy atom. The number of hydrogen-bond donors (Lipinski definition) is 0. The molecule has 0 bridgehead atoms. The van der Waals surface area contributed by atoms with Crippen molar-refractivity contribution in [3.63, 3.8) is 0 Å². The lowest BCUT2D eigenvalue weighted by Gasteiger charge is -2.37. The molecule has 1 radical (unpaired) electrons. The second-order valence-electron chi connectivity index (χ2n) is 7.14. The van der Waals surface area contributed by atoms with Crippen LogP contribution in [0, 0.1) is 11.8 Å². The summed E-state index contributed by atoms with van der Waals surface area (Å²) in [5.74, 6) is 0. The van der Waals surface area contributed by atoms with Crippen molar-refractivity contribution in [3.05, 3.63) is 6.42 Å². The Hall–Kier alpha value is 0. The van der Waals surface area contributed by atoms with E-state index in [1.807, 2.05) is 0 Å². The van der Waals surface area contributed by atoms with Crippen LogP contribution in [0.1, 0.15) is 117 Å². The van der Waals surface area contributed by atoms with E-state index in [1.54, 1.807) is 0 Å². The second-order valence-corrected chi connectivity index (χ2v) is 7.14. The van der Waals surface area contributed by atoms with Gasteiger partial charge in [0.2, 0.25) is 0 Å². The standard InChI is InChI=1S/C20H39/c1-3-5-7-9-12-16-20(18-14-11-15-19-20)17-13-10-8-6-4-2/h16H,3-15,17-19H2,1-2H3. The van der Waals surface area contributed by atoms with Gasteiger partial charge in [-0.2, -0.15) is 0 Å². The lowest BCUT2D eigenvalue weighted by molar-refractivity contribution is 0.202. The van der Waals surface area contributed by atoms with Crippen LogP contribution in [0.25, 0.3) is 0 Å². The van der Waals surface area contributed by atoms with Crippen LogP contribution in [0.15, 0.2) is 0 Å². The van der Waals surface area contributed by atoms with E-state index in [0.29, 0.717) is 5.41 Å². The maximum absolute atomic E-state index is 2.77. The number of rotatable bonds is 12. The molecule has 0 atom stereocenters. The molecule has 0 N–H and O–H groups in total. The molecule has 1 aliphatic carbocycles. The molecular formula is C20H39. The summed E-state index contributed by atoms with van der Waals surface area (Å²) in [5, 5.41) is 0. The number of unbranched alkanes of at least 4 members (excludes halogenated alkanes) is 8. The molecule has 1 fully saturated rings. The molecule has 0 aromatic rings. The average molecular weight is 280 g/mol. The molecular weight excluding hydrogens is 240 g/mol. The monoisotopic (exact) mass is 279 g/mol. The summed E-state index contributed by atoms with van der Waals surface area (Å²) in [6.07, 6.45) is 26.0. The third-order valence-electron chi connectivity index (χ3n) is 5.26. The molecule has 0 nitrogen and oxygen atoms in total. The van der Waals surface area contributed by atoms with Gasteiger partial charge in [-0.1, -0.05) is 90.9 Å². The summed E-state index contributed by atoms with van der Waals surface area (Å²) < 4.78 is 0. The van der Waals surface area contributed by atoms with Gasteiger partial charge in [0.05, 0.1) is 0 Å². The molecule has 0 aliphatic heterocycles. The molecule has 0 aromatic heterocycles. The maximum atomic E-state index is 2.77. The van der Waals surface area contributed by atoms with Crippen LogP contribution in [0.3, 0.4) is 0 Å². The van der Waals surface area contributed by atoms with E-state index in [0.717, 1.165) is 0 Å². The summed E-state index contributed by atoms with van der Waals surface area (Å²) in [6, 6.07) is 0. The van der Waals surface area contributed by atoms with Gasteiger partial charge in [-0.3, -0.25) is 0 Å². The van der Waals surface area contributed by atoms with E-state index in [9.17, 15) is 0 Å². The van der Waals surface area contributed by atoms with Gasteiger partial charge in [0.15, 0.2) is 0 Å². The van der Waals surface area contributed by atoms with Crippen molar-refractivity contribution in [2.24, 2.45) is 5.41 Å². The Labute approximate surface area is 129 Å². The third kappa shape index (κ3) is 7.70. The minimum absolute atomic E-state index is 0.649. The maximum Gasteiger partial charge on any atom is -0.0266 e. The molecule has 1 rings (SSSR count). The lowest BCUT2D eigenvalue weighted by atomic mass is 9.68. The molecule has 1 aliphatic rings. The Balaban J connectivity index is 2.22. The van der Waals surface area contributed by atoms with Crippen LogP contribution in [0.5, 0.6) is 0 Å². The van der Waals surface area contributed by atoms with E-state index >= 15 is 0 Å². The van der Waals surface area contributed by atoms with Crippen molar-refractivity contribution in [2.75, 3.05) is 0 Å². The third-order valence-corrected chi connectivity index (χ3v) is 5.26. The Kier molecular flexibility index (Phi) is 10.5. The van der Waals surface area contributed by atoms with Crippen molar-refractivity contribution in [1.29, 1.82) is 0 Å². The topological polar surface area (TPSA) is 0 Å². The molecule has 0 unspecified atom stereocenters. The van der Waals surface area contributed by atoms with Gasteiger partial charge in [0.1, 0.15) is 0 Å². The highest BCUT2D eigenvalue weighted by molar-refractivity contribution is 4.94. The van der Waals surface area contributed by atoms with Crippen LogP contribution < -0.4 is 0 Å². The Morgan fingerprint density at radius 2 is 1.30 bits per heavy atom. The molecule has 0 saturated heterocycles. The van der Waals surface area contributed by atoms with Crippen molar-refractivity contribution >= 4 is 0 Å². The first-order valence-electron chi connectivity index (χ1n) is 9.67. The quantitative estimate of drug-likeness (QED) is 0.325. The van der Waals surface area contributed by atoms with E-state index in [-0.39, 0.29) is 0 Å². The second kappa shape index (κ2) is 11.6. The van der Waals surface area contributed by atoms with Gasteiger partial charge in [0.25, 0.3) is 0 Å². The zero-order valence-electron chi connectivity index (χ0n) is 14.4. The Bertz CT molecular complexity index is 184. The van der Waals surface area contributed by atoms with E-state index in [1.165, 1.54) is 103 Å². The molecule has 0 heteroatoms. The van der Waals surface area contributed by atoms with Crippen LogP contribution in [0.4, 0.5) is 0 Å². The highest BCUT2D eigenvalue weighted by Gasteiger charge is 2.30. The molecule has 20 heavy (non-hydrogen) atoms. The minimum atomic E-state index is 0.649. The van der Waals surface area contributed by atoms with Gasteiger partial charge < -0.3 is 0 Å².